The van der Waals surface area contributed by atoms with Gasteiger partial charge in [-0.1, -0.05) is 6.42 Å². The van der Waals surface area contributed by atoms with Crippen LogP contribution in [0.1, 0.15) is 24.8 Å². The van der Waals surface area contributed by atoms with E-state index in [0.717, 1.165) is 13.0 Å². The fourth-order valence-corrected chi connectivity index (χ4v) is 2.12. The van der Waals surface area contributed by atoms with Crippen LogP contribution in [0.3, 0.4) is 0 Å². The van der Waals surface area contributed by atoms with Crippen molar-refractivity contribution in [3.8, 4) is 5.75 Å². The summed E-state index contributed by atoms with van der Waals surface area (Å²) in [4.78, 5) is 14.4. The van der Waals surface area contributed by atoms with Gasteiger partial charge in [-0.25, -0.2) is 0 Å². The Hall–Kier alpha value is -1.95. The molecule has 1 aliphatic heterocycles. The lowest BCUT2D eigenvalue weighted by molar-refractivity contribution is -0.384. The Balaban J connectivity index is 2.00. The number of rotatable bonds is 4. The first-order valence-electron chi connectivity index (χ1n) is 6.37. The number of non-ortho nitro benzene ring substituents is 1. The van der Waals surface area contributed by atoms with Crippen LogP contribution in [-0.2, 0) is 0 Å². The lowest BCUT2D eigenvalue weighted by Crippen LogP contribution is -2.36. The van der Waals surface area contributed by atoms with E-state index in [0.29, 0.717) is 18.2 Å². The quantitative estimate of drug-likeness (QED) is 0.493. The van der Waals surface area contributed by atoms with Gasteiger partial charge in [0.1, 0.15) is 5.75 Å². The molecule has 19 heavy (non-hydrogen) atoms. The maximum Gasteiger partial charge on any atom is 0.270 e. The molecule has 102 valence electrons. The highest BCUT2D eigenvalue weighted by molar-refractivity contribution is 5.84. The monoisotopic (exact) mass is 263 g/mol. The topological polar surface area (TPSA) is 87.8 Å². The fourth-order valence-electron chi connectivity index (χ4n) is 2.12. The largest absolute Gasteiger partial charge is 0.507 e. The molecule has 1 unspecified atom stereocenters. The Morgan fingerprint density at radius 1 is 1.53 bits per heavy atom. The zero-order valence-electron chi connectivity index (χ0n) is 10.6. The van der Waals surface area contributed by atoms with Gasteiger partial charge in [-0.05, 0) is 25.5 Å². The van der Waals surface area contributed by atoms with E-state index in [2.05, 4.69) is 10.3 Å². The second kappa shape index (κ2) is 6.29. The number of benzene rings is 1. The summed E-state index contributed by atoms with van der Waals surface area (Å²) in [6.45, 7) is 1.64. The maximum absolute atomic E-state index is 10.7. The molecule has 2 rings (SSSR count). The summed E-state index contributed by atoms with van der Waals surface area (Å²) in [5.74, 6) is 0.00551. The first-order valence-corrected chi connectivity index (χ1v) is 6.37. The van der Waals surface area contributed by atoms with Crippen molar-refractivity contribution in [3.05, 3.63) is 33.9 Å². The molecular formula is C13H17N3O3. The highest BCUT2D eigenvalue weighted by atomic mass is 16.6. The van der Waals surface area contributed by atoms with E-state index in [9.17, 15) is 15.2 Å². The minimum Gasteiger partial charge on any atom is -0.507 e. The second-order valence-corrected chi connectivity index (χ2v) is 4.64. The van der Waals surface area contributed by atoms with Crippen LogP contribution in [0.25, 0.3) is 0 Å². The van der Waals surface area contributed by atoms with Crippen molar-refractivity contribution in [2.75, 3.05) is 13.1 Å². The lowest BCUT2D eigenvalue weighted by atomic mass is 10.1. The minimum atomic E-state index is -0.487. The van der Waals surface area contributed by atoms with Crippen LogP contribution in [0.4, 0.5) is 5.69 Å². The third kappa shape index (κ3) is 3.75. The van der Waals surface area contributed by atoms with Gasteiger partial charge in [-0.15, -0.1) is 0 Å². The number of nitrogens with one attached hydrogen (secondary N) is 1. The molecule has 1 saturated heterocycles. The minimum absolute atomic E-state index is 0.00551. The molecule has 1 aromatic carbocycles. The molecule has 0 bridgehead atoms. The molecule has 2 N–H and O–H groups in total. The first-order chi connectivity index (χ1) is 9.16. The molecule has 0 saturated carbocycles. The Labute approximate surface area is 111 Å². The van der Waals surface area contributed by atoms with Gasteiger partial charge in [0, 0.05) is 30.0 Å². The van der Waals surface area contributed by atoms with Crippen molar-refractivity contribution < 1.29 is 10.0 Å². The molecular weight excluding hydrogens is 246 g/mol. The Kier molecular flexibility index (Phi) is 4.46. The number of aliphatic imine (C=N–C) groups is 1. The highest BCUT2D eigenvalue weighted by Crippen LogP contribution is 2.21. The van der Waals surface area contributed by atoms with Gasteiger partial charge in [0.25, 0.3) is 5.69 Å². The van der Waals surface area contributed by atoms with Crippen LogP contribution in [0.15, 0.2) is 23.2 Å². The third-order valence-corrected chi connectivity index (χ3v) is 3.19. The number of hydrogen-bond acceptors (Lipinski definition) is 5. The van der Waals surface area contributed by atoms with Crippen LogP contribution in [0.2, 0.25) is 0 Å². The number of nitrogens with zero attached hydrogens (tertiary/aromatic N) is 2. The summed E-state index contributed by atoms with van der Waals surface area (Å²) in [7, 11) is 0. The van der Waals surface area contributed by atoms with Crippen molar-refractivity contribution in [2.24, 2.45) is 4.99 Å². The zero-order valence-corrected chi connectivity index (χ0v) is 10.6. The predicted octanol–water partition coefficient (Wildman–Crippen LogP) is 1.86. The van der Waals surface area contributed by atoms with Gasteiger partial charge >= 0.3 is 0 Å². The molecule has 1 atom stereocenters. The van der Waals surface area contributed by atoms with E-state index in [1.807, 2.05) is 0 Å². The highest BCUT2D eigenvalue weighted by Gasteiger charge is 2.12. The van der Waals surface area contributed by atoms with Crippen LogP contribution in [0.5, 0.6) is 5.75 Å². The van der Waals surface area contributed by atoms with E-state index in [-0.39, 0.29) is 11.4 Å². The number of nitro groups is 1. The van der Waals surface area contributed by atoms with E-state index in [1.165, 1.54) is 37.3 Å². The Morgan fingerprint density at radius 2 is 2.37 bits per heavy atom. The molecule has 0 aliphatic carbocycles. The predicted molar refractivity (Wildman–Crippen MR) is 72.9 cm³/mol. The molecule has 1 heterocycles. The summed E-state index contributed by atoms with van der Waals surface area (Å²) >= 11 is 0. The average molecular weight is 263 g/mol. The number of nitro benzene ring substituents is 1. The SMILES string of the molecule is O=[N+]([O-])c1ccc(O)c(C=NCC2CCCCN2)c1. The number of piperidine rings is 1. The summed E-state index contributed by atoms with van der Waals surface area (Å²) in [6, 6.07) is 4.28. The van der Waals surface area contributed by atoms with Crippen LogP contribution >= 0.6 is 0 Å². The number of phenols is 1. The van der Waals surface area contributed by atoms with Crippen LogP contribution < -0.4 is 5.32 Å². The molecule has 1 aromatic rings. The Morgan fingerprint density at radius 3 is 3.05 bits per heavy atom. The molecule has 0 amide bonds. The van der Waals surface area contributed by atoms with Crippen LogP contribution in [0, 0.1) is 10.1 Å². The average Bonchev–Trinajstić information content (AvgIpc) is 2.42. The van der Waals surface area contributed by atoms with Gasteiger partial charge in [-0.3, -0.25) is 15.1 Å². The van der Waals surface area contributed by atoms with Gasteiger partial charge in [0.2, 0.25) is 0 Å². The standard InChI is InChI=1S/C13H17N3O3/c17-13-5-4-12(16(18)19)7-10(13)8-14-9-11-3-1-2-6-15-11/h4-5,7-8,11,15,17H,1-3,6,9H2. The van der Waals surface area contributed by atoms with Crippen molar-refractivity contribution in [1.29, 1.82) is 0 Å². The van der Waals surface area contributed by atoms with Gasteiger partial charge in [0.15, 0.2) is 0 Å². The van der Waals surface area contributed by atoms with E-state index >= 15 is 0 Å². The van der Waals surface area contributed by atoms with E-state index in [4.69, 9.17) is 0 Å². The molecule has 0 radical (unpaired) electrons. The summed E-state index contributed by atoms with van der Waals surface area (Å²) < 4.78 is 0. The molecule has 6 nitrogen and oxygen atoms in total. The molecule has 6 heteroatoms. The van der Waals surface area contributed by atoms with E-state index in [1.54, 1.807) is 0 Å². The number of phenolic OH excluding ortho intramolecular Hbond substituents is 1. The molecule has 0 spiro atoms. The maximum atomic E-state index is 10.7. The summed E-state index contributed by atoms with van der Waals surface area (Å²) in [5.41, 5.74) is 0.333. The smallest absolute Gasteiger partial charge is 0.270 e. The first kappa shape index (κ1) is 13.5. The zero-order chi connectivity index (χ0) is 13.7. The fraction of sp³-hybridized carbons (Fsp3) is 0.462. The molecule has 0 aromatic heterocycles. The number of aromatic hydroxyl groups is 1. The normalized spacial score (nSPS) is 19.7. The summed E-state index contributed by atoms with van der Waals surface area (Å²) in [6.07, 6.45) is 5.00. The Bertz CT molecular complexity index is 482. The van der Waals surface area contributed by atoms with Gasteiger partial charge in [0.05, 0.1) is 11.5 Å². The van der Waals surface area contributed by atoms with E-state index < -0.39 is 4.92 Å². The van der Waals surface area contributed by atoms with Crippen molar-refractivity contribution >= 4 is 11.9 Å². The van der Waals surface area contributed by atoms with Crippen molar-refractivity contribution in [3.63, 3.8) is 0 Å². The van der Waals surface area contributed by atoms with Gasteiger partial charge < -0.3 is 10.4 Å². The third-order valence-electron chi connectivity index (χ3n) is 3.19. The molecule has 1 fully saturated rings. The number of hydrogen-bond donors (Lipinski definition) is 2. The lowest BCUT2D eigenvalue weighted by Gasteiger charge is -2.21. The summed E-state index contributed by atoms with van der Waals surface area (Å²) in [5, 5.41) is 23.6. The second-order valence-electron chi connectivity index (χ2n) is 4.64. The molecule has 1 aliphatic rings. The van der Waals surface area contributed by atoms with Gasteiger partial charge in [-0.2, -0.15) is 0 Å². The van der Waals surface area contributed by atoms with Crippen molar-refractivity contribution in [2.45, 2.75) is 25.3 Å². The van der Waals surface area contributed by atoms with Crippen molar-refractivity contribution in [1.82, 2.24) is 5.32 Å². The van der Waals surface area contributed by atoms with Crippen LogP contribution in [-0.4, -0.2) is 35.4 Å².